The SMILES string of the molecule is CN1CC[C@]2(C)C[C@@H](Cc3ccc(CO)cc32)C1. The maximum atomic E-state index is 9.34. The molecular weight excluding hydrogens is 222 g/mol. The Morgan fingerprint density at radius 3 is 3.06 bits per heavy atom. The molecule has 1 aliphatic heterocycles. The summed E-state index contributed by atoms with van der Waals surface area (Å²) in [6.45, 7) is 5.00. The van der Waals surface area contributed by atoms with Crippen molar-refractivity contribution in [2.75, 3.05) is 20.1 Å². The van der Waals surface area contributed by atoms with Gasteiger partial charge in [0.15, 0.2) is 0 Å². The summed E-state index contributed by atoms with van der Waals surface area (Å²) in [5.41, 5.74) is 4.39. The Morgan fingerprint density at radius 2 is 2.28 bits per heavy atom. The van der Waals surface area contributed by atoms with Gasteiger partial charge in [-0.05, 0) is 60.9 Å². The largest absolute Gasteiger partial charge is 0.392 e. The number of hydrogen-bond acceptors (Lipinski definition) is 2. The van der Waals surface area contributed by atoms with E-state index in [2.05, 4.69) is 37.1 Å². The van der Waals surface area contributed by atoms with Gasteiger partial charge in [-0.25, -0.2) is 0 Å². The monoisotopic (exact) mass is 245 g/mol. The van der Waals surface area contributed by atoms with E-state index in [1.807, 2.05) is 0 Å². The van der Waals surface area contributed by atoms with Gasteiger partial charge in [-0.15, -0.1) is 0 Å². The zero-order valence-corrected chi connectivity index (χ0v) is 11.4. The number of hydrogen-bond donors (Lipinski definition) is 1. The first-order chi connectivity index (χ1) is 8.60. The van der Waals surface area contributed by atoms with Gasteiger partial charge in [0.1, 0.15) is 0 Å². The van der Waals surface area contributed by atoms with Crippen molar-refractivity contribution >= 4 is 0 Å². The molecule has 98 valence electrons. The normalized spacial score (nSPS) is 31.8. The summed E-state index contributed by atoms with van der Waals surface area (Å²) in [5.74, 6) is 0.801. The molecule has 0 spiro atoms. The second-order valence-corrected chi connectivity index (χ2v) is 6.50. The number of likely N-dealkylation sites (tertiary alicyclic amines) is 1. The third-order valence-corrected chi connectivity index (χ3v) is 4.87. The van der Waals surface area contributed by atoms with E-state index in [9.17, 15) is 5.11 Å². The molecular formula is C16H23NO. The quantitative estimate of drug-likeness (QED) is 0.821. The molecule has 0 amide bonds. The predicted octanol–water partition coefficient (Wildman–Crippen LogP) is 2.33. The van der Waals surface area contributed by atoms with E-state index in [1.165, 1.54) is 43.5 Å². The van der Waals surface area contributed by atoms with E-state index in [-0.39, 0.29) is 6.61 Å². The summed E-state index contributed by atoms with van der Waals surface area (Å²) >= 11 is 0. The van der Waals surface area contributed by atoms with E-state index in [4.69, 9.17) is 0 Å². The van der Waals surface area contributed by atoms with Gasteiger partial charge in [-0.1, -0.05) is 25.1 Å². The molecule has 3 rings (SSSR count). The number of fused-ring (bicyclic) bond motifs is 4. The second kappa shape index (κ2) is 4.36. The van der Waals surface area contributed by atoms with Crippen molar-refractivity contribution in [3.8, 4) is 0 Å². The summed E-state index contributed by atoms with van der Waals surface area (Å²) in [6, 6.07) is 6.58. The minimum atomic E-state index is 0.159. The maximum absolute atomic E-state index is 9.34. The highest BCUT2D eigenvalue weighted by Gasteiger charge is 2.38. The minimum absolute atomic E-state index is 0.159. The number of aliphatic hydroxyl groups excluding tert-OH is 1. The Morgan fingerprint density at radius 1 is 1.44 bits per heavy atom. The number of benzene rings is 1. The second-order valence-electron chi connectivity index (χ2n) is 6.50. The van der Waals surface area contributed by atoms with Crippen molar-refractivity contribution in [2.24, 2.45) is 5.92 Å². The van der Waals surface area contributed by atoms with Gasteiger partial charge < -0.3 is 10.0 Å². The average molecular weight is 245 g/mol. The zero-order valence-electron chi connectivity index (χ0n) is 11.4. The first kappa shape index (κ1) is 12.2. The summed E-state index contributed by atoms with van der Waals surface area (Å²) < 4.78 is 0. The molecule has 1 saturated heterocycles. The lowest BCUT2D eigenvalue weighted by atomic mass is 9.66. The molecule has 2 nitrogen and oxygen atoms in total. The number of rotatable bonds is 1. The Balaban J connectivity index is 2.05. The third kappa shape index (κ3) is 1.98. The van der Waals surface area contributed by atoms with Crippen LogP contribution in [0.5, 0.6) is 0 Å². The van der Waals surface area contributed by atoms with Gasteiger partial charge in [-0.3, -0.25) is 0 Å². The molecule has 18 heavy (non-hydrogen) atoms. The molecule has 2 heteroatoms. The van der Waals surface area contributed by atoms with Crippen molar-refractivity contribution in [3.63, 3.8) is 0 Å². The van der Waals surface area contributed by atoms with Crippen LogP contribution in [0.4, 0.5) is 0 Å². The lowest BCUT2D eigenvalue weighted by Crippen LogP contribution is -2.32. The Bertz CT molecular complexity index is 456. The summed E-state index contributed by atoms with van der Waals surface area (Å²) in [6.07, 6.45) is 3.75. The molecule has 2 bridgehead atoms. The Labute approximate surface area is 110 Å². The lowest BCUT2D eigenvalue weighted by molar-refractivity contribution is 0.278. The molecule has 1 aromatic rings. The topological polar surface area (TPSA) is 23.5 Å². The van der Waals surface area contributed by atoms with Crippen LogP contribution in [0.15, 0.2) is 18.2 Å². The summed E-state index contributed by atoms with van der Waals surface area (Å²) in [7, 11) is 2.24. The molecule has 1 fully saturated rings. The fraction of sp³-hybridized carbons (Fsp3) is 0.625. The molecule has 2 aliphatic rings. The lowest BCUT2D eigenvalue weighted by Gasteiger charge is -2.38. The summed E-state index contributed by atoms with van der Waals surface area (Å²) in [4.78, 5) is 2.48. The fourth-order valence-electron chi connectivity index (χ4n) is 3.93. The van der Waals surface area contributed by atoms with Gasteiger partial charge in [0.05, 0.1) is 6.61 Å². The van der Waals surface area contributed by atoms with E-state index < -0.39 is 0 Å². The van der Waals surface area contributed by atoms with Crippen LogP contribution in [-0.2, 0) is 18.4 Å². The molecule has 1 N–H and O–H groups in total. The highest BCUT2D eigenvalue weighted by Crippen LogP contribution is 2.44. The molecule has 2 atom stereocenters. The van der Waals surface area contributed by atoms with Crippen LogP contribution < -0.4 is 0 Å². The van der Waals surface area contributed by atoms with Gasteiger partial charge in [0.25, 0.3) is 0 Å². The molecule has 1 heterocycles. The summed E-state index contributed by atoms with van der Waals surface area (Å²) in [5, 5.41) is 9.34. The van der Waals surface area contributed by atoms with E-state index in [0.29, 0.717) is 5.41 Å². The highest BCUT2D eigenvalue weighted by atomic mass is 16.3. The van der Waals surface area contributed by atoms with Crippen molar-refractivity contribution < 1.29 is 5.11 Å². The zero-order chi connectivity index (χ0) is 12.8. The van der Waals surface area contributed by atoms with Crippen molar-refractivity contribution in [2.45, 2.75) is 38.2 Å². The van der Waals surface area contributed by atoms with E-state index >= 15 is 0 Å². The van der Waals surface area contributed by atoms with E-state index in [1.54, 1.807) is 0 Å². The van der Waals surface area contributed by atoms with Crippen LogP contribution in [0.3, 0.4) is 0 Å². The molecule has 1 aromatic carbocycles. The maximum Gasteiger partial charge on any atom is 0.0681 e. The van der Waals surface area contributed by atoms with Gasteiger partial charge in [-0.2, -0.15) is 0 Å². The van der Waals surface area contributed by atoms with Crippen LogP contribution in [0.2, 0.25) is 0 Å². The molecule has 0 radical (unpaired) electrons. The first-order valence-electron chi connectivity index (χ1n) is 7.02. The van der Waals surface area contributed by atoms with Gasteiger partial charge >= 0.3 is 0 Å². The van der Waals surface area contributed by atoms with Crippen LogP contribution in [-0.4, -0.2) is 30.1 Å². The van der Waals surface area contributed by atoms with E-state index in [0.717, 1.165) is 11.5 Å². The number of nitrogens with zero attached hydrogens (tertiary/aromatic N) is 1. The van der Waals surface area contributed by atoms with Crippen LogP contribution in [0, 0.1) is 5.92 Å². The standard InChI is InChI=1S/C16H23NO/c1-16-5-6-17(2)10-13(9-16)7-14-4-3-12(11-18)8-15(14)16/h3-4,8,13,18H,5-7,9-11H2,1-2H3/t13-,16-/m1/s1. The molecule has 1 aliphatic carbocycles. The Kier molecular flexibility index (Phi) is 2.95. The van der Waals surface area contributed by atoms with Crippen molar-refractivity contribution in [1.82, 2.24) is 4.90 Å². The van der Waals surface area contributed by atoms with Crippen LogP contribution >= 0.6 is 0 Å². The first-order valence-corrected chi connectivity index (χ1v) is 7.02. The van der Waals surface area contributed by atoms with Crippen molar-refractivity contribution in [3.05, 3.63) is 34.9 Å². The molecule has 0 unspecified atom stereocenters. The number of aliphatic hydroxyl groups is 1. The third-order valence-electron chi connectivity index (χ3n) is 4.87. The fourth-order valence-corrected chi connectivity index (χ4v) is 3.93. The van der Waals surface area contributed by atoms with Crippen molar-refractivity contribution in [1.29, 1.82) is 0 Å². The predicted molar refractivity (Wildman–Crippen MR) is 73.6 cm³/mol. The highest BCUT2D eigenvalue weighted by molar-refractivity contribution is 5.40. The smallest absolute Gasteiger partial charge is 0.0681 e. The minimum Gasteiger partial charge on any atom is -0.392 e. The average Bonchev–Trinajstić information content (AvgIpc) is 2.47. The Hall–Kier alpha value is -0.860. The van der Waals surface area contributed by atoms with Crippen LogP contribution in [0.1, 0.15) is 36.5 Å². The molecule has 0 saturated carbocycles. The molecule has 0 aromatic heterocycles. The van der Waals surface area contributed by atoms with Crippen LogP contribution in [0.25, 0.3) is 0 Å². The van der Waals surface area contributed by atoms with Gasteiger partial charge in [0, 0.05) is 6.54 Å². The van der Waals surface area contributed by atoms with Gasteiger partial charge in [0.2, 0.25) is 0 Å².